The highest BCUT2D eigenvalue weighted by atomic mass is 32.2. The molecule has 0 bridgehead atoms. The molecule has 0 fully saturated rings. The molecule has 7 nitrogen and oxygen atoms in total. The number of hydrogen-bond donors (Lipinski definition) is 3. The summed E-state index contributed by atoms with van der Waals surface area (Å²) in [5.74, 6) is -3.65. The van der Waals surface area contributed by atoms with E-state index in [0.29, 0.717) is 5.52 Å². The van der Waals surface area contributed by atoms with Crippen molar-refractivity contribution in [3.05, 3.63) is 83.6 Å². The Bertz CT molecular complexity index is 1510. The Labute approximate surface area is 198 Å². The lowest BCUT2D eigenvalue weighted by Crippen LogP contribution is -2.22. The fraction of sp³-hybridized carbons (Fsp3) is 0.130. The summed E-state index contributed by atoms with van der Waals surface area (Å²) in [6.07, 6.45) is 1.27. The molecule has 1 atom stereocenters. The van der Waals surface area contributed by atoms with Crippen molar-refractivity contribution in [3.8, 4) is 0 Å². The molecule has 12 heteroatoms. The number of halogens is 4. The third-order valence-corrected chi connectivity index (χ3v) is 6.64. The first-order valence-corrected chi connectivity index (χ1v) is 11.9. The first kappa shape index (κ1) is 24.4. The van der Waals surface area contributed by atoms with Gasteiger partial charge in [-0.15, -0.1) is 0 Å². The van der Waals surface area contributed by atoms with E-state index >= 15 is 4.39 Å². The van der Waals surface area contributed by atoms with Gasteiger partial charge in [-0.05, 0) is 42.8 Å². The van der Waals surface area contributed by atoms with Crippen LogP contribution in [0.4, 0.5) is 40.4 Å². The predicted molar refractivity (Wildman–Crippen MR) is 125 cm³/mol. The molecule has 4 rings (SSSR count). The molecule has 1 aromatic heterocycles. The topological polar surface area (TPSA) is 110 Å². The second-order valence-electron chi connectivity index (χ2n) is 7.62. The number of para-hydroxylation sites is 1. The van der Waals surface area contributed by atoms with Gasteiger partial charge in [-0.2, -0.15) is 0 Å². The highest BCUT2D eigenvalue weighted by Gasteiger charge is 2.27. The van der Waals surface area contributed by atoms with Gasteiger partial charge in [0, 0.05) is 11.3 Å². The number of fused-ring (bicyclic) bond motifs is 1. The lowest BCUT2D eigenvalue weighted by Gasteiger charge is -2.17. The Kier molecular flexibility index (Phi) is 6.59. The molecule has 0 saturated carbocycles. The van der Waals surface area contributed by atoms with Gasteiger partial charge in [-0.1, -0.05) is 19.1 Å². The predicted octanol–water partition coefficient (Wildman–Crippen LogP) is 5.41. The van der Waals surface area contributed by atoms with Crippen LogP contribution in [0.1, 0.15) is 24.2 Å². The minimum atomic E-state index is -4.13. The number of anilines is 4. The third-order valence-electron chi connectivity index (χ3n) is 5.26. The van der Waals surface area contributed by atoms with Crippen molar-refractivity contribution < 1.29 is 26.0 Å². The Morgan fingerprint density at radius 1 is 0.914 bits per heavy atom. The maximum atomic E-state index is 15.2. The summed E-state index contributed by atoms with van der Waals surface area (Å²) in [5, 5.41) is 8.98. The monoisotopic (exact) mass is 505 g/mol. The SMILES string of the molecule is CCC(c1ccc(F)c(Nc2ccc3ncc(Nc4c(F)cccc4F)nc3c2)c1F)S(N)(=O)=O. The first-order chi connectivity index (χ1) is 16.6. The minimum Gasteiger partial charge on any atom is -0.351 e. The van der Waals surface area contributed by atoms with Crippen LogP contribution in [0.15, 0.2) is 54.7 Å². The van der Waals surface area contributed by atoms with E-state index in [2.05, 4.69) is 20.6 Å². The summed E-state index contributed by atoms with van der Waals surface area (Å²) in [4.78, 5) is 8.43. The zero-order valence-corrected chi connectivity index (χ0v) is 19.0. The second-order valence-corrected chi connectivity index (χ2v) is 9.36. The van der Waals surface area contributed by atoms with Gasteiger partial charge in [0.05, 0.1) is 17.2 Å². The van der Waals surface area contributed by atoms with Crippen molar-refractivity contribution in [2.75, 3.05) is 10.6 Å². The molecule has 0 spiro atoms. The summed E-state index contributed by atoms with van der Waals surface area (Å²) in [6.45, 7) is 1.52. The highest BCUT2D eigenvalue weighted by Crippen LogP contribution is 2.33. The van der Waals surface area contributed by atoms with Gasteiger partial charge in [0.15, 0.2) is 5.82 Å². The number of nitrogens with one attached hydrogen (secondary N) is 2. The Morgan fingerprint density at radius 2 is 1.60 bits per heavy atom. The Morgan fingerprint density at radius 3 is 2.26 bits per heavy atom. The lowest BCUT2D eigenvalue weighted by molar-refractivity contribution is 0.556. The van der Waals surface area contributed by atoms with Crippen LogP contribution in [0, 0.1) is 23.3 Å². The third kappa shape index (κ3) is 5.03. The van der Waals surface area contributed by atoms with E-state index in [9.17, 15) is 21.6 Å². The fourth-order valence-corrected chi connectivity index (χ4v) is 4.60. The molecule has 182 valence electrons. The number of nitrogens with two attached hydrogens (primary N) is 1. The number of aromatic nitrogens is 2. The molecular formula is C23H19F4N5O2S. The molecule has 4 N–H and O–H groups in total. The van der Waals surface area contributed by atoms with Crippen LogP contribution >= 0.6 is 0 Å². The minimum absolute atomic E-state index is 0.00916. The summed E-state index contributed by atoms with van der Waals surface area (Å²) in [6, 6.07) is 9.81. The van der Waals surface area contributed by atoms with Crippen LogP contribution in [0.3, 0.4) is 0 Å². The van der Waals surface area contributed by atoms with Crippen LogP contribution in [-0.4, -0.2) is 18.4 Å². The van der Waals surface area contributed by atoms with Crippen LogP contribution in [0.2, 0.25) is 0 Å². The normalized spacial score (nSPS) is 12.5. The zero-order valence-electron chi connectivity index (χ0n) is 18.2. The van der Waals surface area contributed by atoms with Gasteiger partial charge in [0.1, 0.15) is 39.9 Å². The molecule has 3 aromatic carbocycles. The van der Waals surface area contributed by atoms with Crippen molar-refractivity contribution >= 4 is 43.9 Å². The van der Waals surface area contributed by atoms with E-state index in [1.807, 2.05) is 0 Å². The quantitative estimate of drug-likeness (QED) is 0.290. The molecule has 0 aliphatic heterocycles. The summed E-state index contributed by atoms with van der Waals surface area (Å²) < 4.78 is 81.2. The van der Waals surface area contributed by atoms with Crippen LogP contribution in [-0.2, 0) is 10.0 Å². The van der Waals surface area contributed by atoms with E-state index in [-0.39, 0.29) is 29.0 Å². The average Bonchev–Trinajstić information content (AvgIpc) is 2.80. The zero-order chi connectivity index (χ0) is 25.3. The van der Waals surface area contributed by atoms with Gasteiger partial charge in [-0.25, -0.2) is 36.1 Å². The number of sulfonamides is 1. The first-order valence-electron chi connectivity index (χ1n) is 10.3. The van der Waals surface area contributed by atoms with Crippen LogP contribution in [0.5, 0.6) is 0 Å². The van der Waals surface area contributed by atoms with E-state index in [1.54, 1.807) is 0 Å². The maximum absolute atomic E-state index is 15.2. The van der Waals surface area contributed by atoms with Crippen molar-refractivity contribution in [2.45, 2.75) is 18.6 Å². The van der Waals surface area contributed by atoms with Crippen LogP contribution < -0.4 is 15.8 Å². The largest absolute Gasteiger partial charge is 0.351 e. The van der Waals surface area contributed by atoms with Crippen molar-refractivity contribution in [1.82, 2.24) is 9.97 Å². The molecule has 1 unspecified atom stereocenters. The van der Waals surface area contributed by atoms with E-state index in [4.69, 9.17) is 5.14 Å². The number of primary sulfonamides is 1. The number of hydrogen-bond acceptors (Lipinski definition) is 6. The average molecular weight is 505 g/mol. The van der Waals surface area contributed by atoms with Crippen molar-refractivity contribution in [2.24, 2.45) is 5.14 Å². The molecular weight excluding hydrogens is 486 g/mol. The standard InChI is InChI=1S/C23H19F4N5O2S/c1-2-19(35(28,33)34)13-7-8-16(26)23(21(13)27)30-12-6-9-17-18(10-12)31-20(11-29-17)32-22-14(24)4-3-5-15(22)25/h3-11,19,30H,2H2,1H3,(H,31,32)(H2,28,33,34). The van der Waals surface area contributed by atoms with Gasteiger partial charge >= 0.3 is 0 Å². The van der Waals surface area contributed by atoms with Gasteiger partial charge in [0.2, 0.25) is 10.0 Å². The summed E-state index contributed by atoms with van der Waals surface area (Å²) in [5.41, 5.74) is -0.372. The smallest absolute Gasteiger partial charge is 0.216 e. The number of nitrogens with zero attached hydrogens (tertiary/aromatic N) is 2. The van der Waals surface area contributed by atoms with E-state index in [1.165, 1.54) is 37.4 Å². The molecule has 4 aromatic rings. The molecule has 0 aliphatic rings. The van der Waals surface area contributed by atoms with Crippen molar-refractivity contribution in [1.29, 1.82) is 0 Å². The van der Waals surface area contributed by atoms with Gasteiger partial charge in [-0.3, -0.25) is 4.98 Å². The molecule has 0 saturated heterocycles. The fourth-order valence-electron chi connectivity index (χ4n) is 3.60. The maximum Gasteiger partial charge on any atom is 0.216 e. The summed E-state index contributed by atoms with van der Waals surface area (Å²) in [7, 11) is -4.13. The van der Waals surface area contributed by atoms with Crippen molar-refractivity contribution in [3.63, 3.8) is 0 Å². The number of rotatable bonds is 7. The highest BCUT2D eigenvalue weighted by molar-refractivity contribution is 7.89. The lowest BCUT2D eigenvalue weighted by atomic mass is 10.1. The van der Waals surface area contributed by atoms with Gasteiger partial charge in [0.25, 0.3) is 0 Å². The van der Waals surface area contributed by atoms with E-state index < -0.39 is 49.9 Å². The molecule has 1 heterocycles. The summed E-state index contributed by atoms with van der Waals surface area (Å²) >= 11 is 0. The van der Waals surface area contributed by atoms with Gasteiger partial charge < -0.3 is 10.6 Å². The van der Waals surface area contributed by atoms with E-state index in [0.717, 1.165) is 24.3 Å². The number of benzene rings is 3. The molecule has 0 amide bonds. The molecule has 0 radical (unpaired) electrons. The Balaban J connectivity index is 1.69. The second kappa shape index (κ2) is 9.47. The molecule has 0 aliphatic carbocycles. The molecule has 35 heavy (non-hydrogen) atoms. The Hall–Kier alpha value is -3.77. The van der Waals surface area contributed by atoms with Crippen LogP contribution in [0.25, 0.3) is 11.0 Å².